The SMILES string of the molecule is CN1CCCC(N(C)C(=O)N[C@H](CO)C(=O)O)C1. The summed E-state index contributed by atoms with van der Waals surface area (Å²) in [5.74, 6) is -1.24. The zero-order valence-electron chi connectivity index (χ0n) is 10.8. The maximum absolute atomic E-state index is 11.8. The van der Waals surface area contributed by atoms with Gasteiger partial charge in [-0.2, -0.15) is 0 Å². The smallest absolute Gasteiger partial charge is 0.328 e. The highest BCUT2D eigenvalue weighted by atomic mass is 16.4. The van der Waals surface area contributed by atoms with Gasteiger partial charge < -0.3 is 25.3 Å². The minimum absolute atomic E-state index is 0.0805. The van der Waals surface area contributed by atoms with Crippen molar-refractivity contribution in [1.29, 1.82) is 0 Å². The van der Waals surface area contributed by atoms with E-state index in [1.54, 1.807) is 7.05 Å². The van der Waals surface area contributed by atoms with E-state index < -0.39 is 24.6 Å². The molecule has 0 spiro atoms. The lowest BCUT2D eigenvalue weighted by molar-refractivity contribution is -0.140. The van der Waals surface area contributed by atoms with E-state index in [2.05, 4.69) is 10.2 Å². The van der Waals surface area contributed by atoms with Crippen LogP contribution in [0.2, 0.25) is 0 Å². The lowest BCUT2D eigenvalue weighted by Gasteiger charge is -2.36. The molecule has 0 aromatic rings. The highest BCUT2D eigenvalue weighted by Crippen LogP contribution is 2.13. The summed E-state index contributed by atoms with van der Waals surface area (Å²) >= 11 is 0. The number of nitrogens with zero attached hydrogens (tertiary/aromatic N) is 2. The Kier molecular flexibility index (Phi) is 5.36. The number of aliphatic carboxylic acids is 1. The van der Waals surface area contributed by atoms with E-state index in [1.807, 2.05) is 7.05 Å². The van der Waals surface area contributed by atoms with Crippen LogP contribution in [0.1, 0.15) is 12.8 Å². The lowest BCUT2D eigenvalue weighted by Crippen LogP contribution is -2.54. The van der Waals surface area contributed by atoms with Crippen molar-refractivity contribution in [2.75, 3.05) is 33.8 Å². The molecule has 0 aromatic heterocycles. The first-order valence-corrected chi connectivity index (χ1v) is 6.01. The monoisotopic (exact) mass is 259 g/mol. The number of hydrogen-bond donors (Lipinski definition) is 3. The molecule has 2 amide bonds. The standard InChI is InChI=1S/C11H21N3O4/c1-13-5-3-4-8(6-13)14(2)11(18)12-9(7-15)10(16)17/h8-9,15H,3-7H2,1-2H3,(H,12,18)(H,16,17)/t8?,9-/m1/s1. The zero-order valence-corrected chi connectivity index (χ0v) is 10.8. The summed E-state index contributed by atoms with van der Waals surface area (Å²) in [5.41, 5.74) is 0. The molecule has 1 fully saturated rings. The third kappa shape index (κ3) is 3.85. The maximum atomic E-state index is 11.8. The summed E-state index contributed by atoms with van der Waals surface area (Å²) in [6, 6.07) is -1.63. The topological polar surface area (TPSA) is 93.1 Å². The fourth-order valence-corrected chi connectivity index (χ4v) is 2.06. The van der Waals surface area contributed by atoms with Crippen LogP contribution in [-0.2, 0) is 4.79 Å². The second kappa shape index (κ2) is 6.55. The Hall–Kier alpha value is -1.34. The molecule has 3 N–H and O–H groups in total. The average molecular weight is 259 g/mol. The van der Waals surface area contributed by atoms with Gasteiger partial charge in [-0.25, -0.2) is 9.59 Å². The van der Waals surface area contributed by atoms with Gasteiger partial charge in [-0.15, -0.1) is 0 Å². The average Bonchev–Trinajstić information content (AvgIpc) is 2.34. The van der Waals surface area contributed by atoms with Crippen molar-refractivity contribution in [3.63, 3.8) is 0 Å². The number of aliphatic hydroxyl groups excluding tert-OH is 1. The number of piperidine rings is 1. The molecule has 0 bridgehead atoms. The van der Waals surface area contributed by atoms with E-state index in [0.717, 1.165) is 25.9 Å². The number of carbonyl (C=O) groups excluding carboxylic acids is 1. The van der Waals surface area contributed by atoms with Gasteiger partial charge in [0.25, 0.3) is 0 Å². The first kappa shape index (κ1) is 14.7. The normalized spacial score (nSPS) is 22.3. The van der Waals surface area contributed by atoms with Gasteiger partial charge in [-0.1, -0.05) is 0 Å². The highest BCUT2D eigenvalue weighted by Gasteiger charge is 2.27. The van der Waals surface area contributed by atoms with Crippen molar-refractivity contribution >= 4 is 12.0 Å². The molecule has 1 aliphatic rings. The largest absolute Gasteiger partial charge is 0.480 e. The number of nitrogens with one attached hydrogen (secondary N) is 1. The van der Waals surface area contributed by atoms with Crippen LogP contribution in [0.15, 0.2) is 0 Å². The van der Waals surface area contributed by atoms with Crippen LogP contribution in [-0.4, -0.2) is 77.9 Å². The number of rotatable bonds is 4. The van der Waals surface area contributed by atoms with Gasteiger partial charge in [0.05, 0.1) is 6.61 Å². The first-order valence-electron chi connectivity index (χ1n) is 6.01. The molecule has 7 nitrogen and oxygen atoms in total. The van der Waals surface area contributed by atoms with Gasteiger partial charge >= 0.3 is 12.0 Å². The summed E-state index contributed by atoms with van der Waals surface area (Å²) in [5, 5.41) is 19.9. The van der Waals surface area contributed by atoms with Gasteiger partial charge in [0, 0.05) is 19.6 Å². The van der Waals surface area contributed by atoms with Gasteiger partial charge in [0.2, 0.25) is 0 Å². The number of urea groups is 1. The van der Waals surface area contributed by atoms with Crippen LogP contribution < -0.4 is 5.32 Å². The van der Waals surface area contributed by atoms with Crippen molar-refractivity contribution in [3.05, 3.63) is 0 Å². The van der Waals surface area contributed by atoms with Crippen LogP contribution >= 0.6 is 0 Å². The number of hydrogen-bond acceptors (Lipinski definition) is 4. The molecular formula is C11H21N3O4. The minimum atomic E-state index is -1.25. The molecule has 2 atom stereocenters. The number of likely N-dealkylation sites (tertiary alicyclic amines) is 1. The molecule has 7 heteroatoms. The van der Waals surface area contributed by atoms with Crippen LogP contribution in [0, 0.1) is 0 Å². The lowest BCUT2D eigenvalue weighted by atomic mass is 10.1. The summed E-state index contributed by atoms with van der Waals surface area (Å²) in [4.78, 5) is 26.2. The third-order valence-corrected chi connectivity index (χ3v) is 3.25. The van der Waals surface area contributed by atoms with Crippen molar-refractivity contribution in [2.45, 2.75) is 24.9 Å². The maximum Gasteiger partial charge on any atom is 0.328 e. The van der Waals surface area contributed by atoms with Crippen molar-refractivity contribution < 1.29 is 19.8 Å². The van der Waals surface area contributed by atoms with E-state index in [-0.39, 0.29) is 6.04 Å². The van der Waals surface area contributed by atoms with E-state index in [1.165, 1.54) is 4.90 Å². The van der Waals surface area contributed by atoms with E-state index in [9.17, 15) is 9.59 Å². The molecular weight excluding hydrogens is 238 g/mol. The van der Waals surface area contributed by atoms with Gasteiger partial charge in [-0.05, 0) is 26.4 Å². The molecule has 1 saturated heterocycles. The van der Waals surface area contributed by atoms with Crippen LogP contribution in [0.3, 0.4) is 0 Å². The Morgan fingerprint density at radius 1 is 1.56 bits per heavy atom. The second-order valence-corrected chi connectivity index (χ2v) is 4.69. The Labute approximate surface area is 106 Å². The predicted molar refractivity (Wildman–Crippen MR) is 65.3 cm³/mol. The Morgan fingerprint density at radius 2 is 2.22 bits per heavy atom. The number of carboxylic acids is 1. The predicted octanol–water partition coefficient (Wildman–Crippen LogP) is -0.832. The summed E-state index contributed by atoms with van der Waals surface area (Å²) in [6.45, 7) is 1.18. The molecule has 0 aromatic carbocycles. The number of carboxylic acid groups (broad SMARTS) is 1. The van der Waals surface area contributed by atoms with Gasteiger partial charge in [0.15, 0.2) is 6.04 Å². The van der Waals surface area contributed by atoms with Crippen molar-refractivity contribution in [3.8, 4) is 0 Å². The molecule has 18 heavy (non-hydrogen) atoms. The summed E-state index contributed by atoms with van der Waals surface area (Å²) in [7, 11) is 3.64. The summed E-state index contributed by atoms with van der Waals surface area (Å²) in [6.07, 6.45) is 1.92. The number of likely N-dealkylation sites (N-methyl/N-ethyl adjacent to an activating group) is 2. The molecule has 1 unspecified atom stereocenters. The number of aliphatic hydroxyl groups is 1. The first-order chi connectivity index (χ1) is 8.45. The third-order valence-electron chi connectivity index (χ3n) is 3.25. The number of amides is 2. The number of carbonyl (C=O) groups is 2. The molecule has 0 aliphatic carbocycles. The molecule has 0 radical (unpaired) electrons. The quantitative estimate of drug-likeness (QED) is 0.612. The Bertz CT molecular complexity index is 311. The minimum Gasteiger partial charge on any atom is -0.480 e. The van der Waals surface area contributed by atoms with E-state index >= 15 is 0 Å². The summed E-state index contributed by atoms with van der Waals surface area (Å²) < 4.78 is 0. The molecule has 1 rings (SSSR count). The van der Waals surface area contributed by atoms with Crippen LogP contribution in [0.4, 0.5) is 4.79 Å². The molecule has 0 saturated carbocycles. The fraction of sp³-hybridized carbons (Fsp3) is 0.818. The van der Waals surface area contributed by atoms with Crippen molar-refractivity contribution in [2.24, 2.45) is 0 Å². The molecule has 1 heterocycles. The second-order valence-electron chi connectivity index (χ2n) is 4.69. The Balaban J connectivity index is 2.52. The van der Waals surface area contributed by atoms with Gasteiger partial charge in [0.1, 0.15) is 0 Å². The van der Waals surface area contributed by atoms with Gasteiger partial charge in [-0.3, -0.25) is 0 Å². The zero-order chi connectivity index (χ0) is 13.7. The fourth-order valence-electron chi connectivity index (χ4n) is 2.06. The van der Waals surface area contributed by atoms with Crippen LogP contribution in [0.25, 0.3) is 0 Å². The molecule has 1 aliphatic heterocycles. The van der Waals surface area contributed by atoms with E-state index in [0.29, 0.717) is 0 Å². The van der Waals surface area contributed by atoms with Crippen molar-refractivity contribution in [1.82, 2.24) is 15.1 Å². The Morgan fingerprint density at radius 3 is 2.72 bits per heavy atom. The van der Waals surface area contributed by atoms with E-state index in [4.69, 9.17) is 10.2 Å². The molecule has 104 valence electrons. The highest BCUT2D eigenvalue weighted by molar-refractivity contribution is 5.82. The van der Waals surface area contributed by atoms with Crippen LogP contribution in [0.5, 0.6) is 0 Å².